The normalized spacial score (nSPS) is 20.8. The van der Waals surface area contributed by atoms with Crippen molar-refractivity contribution in [3.05, 3.63) is 24.2 Å². The van der Waals surface area contributed by atoms with Crippen LogP contribution in [0, 0.1) is 0 Å². The first-order valence-electron chi connectivity index (χ1n) is 7.44. The molecule has 1 aliphatic heterocycles. The number of hydrogen-bond acceptors (Lipinski definition) is 4. The van der Waals surface area contributed by atoms with E-state index in [2.05, 4.69) is 15.6 Å². The van der Waals surface area contributed by atoms with E-state index in [1.165, 1.54) is 6.26 Å². The van der Waals surface area contributed by atoms with Crippen LogP contribution in [0.4, 0.5) is 0 Å². The lowest BCUT2D eigenvalue weighted by atomic mass is 10.1. The van der Waals surface area contributed by atoms with Crippen molar-refractivity contribution < 1.29 is 12.8 Å². The van der Waals surface area contributed by atoms with Crippen LogP contribution < -0.4 is 10.6 Å². The highest BCUT2D eigenvalue weighted by Gasteiger charge is 2.29. The summed E-state index contributed by atoms with van der Waals surface area (Å²) < 4.78 is 30.5. The fourth-order valence-electron chi connectivity index (χ4n) is 2.63. The largest absolute Gasteiger partial charge is 0.467 e. The molecule has 1 aromatic heterocycles. The summed E-state index contributed by atoms with van der Waals surface area (Å²) in [5.41, 5.74) is 0. The Morgan fingerprint density at radius 3 is 2.91 bits per heavy atom. The van der Waals surface area contributed by atoms with Gasteiger partial charge < -0.3 is 15.1 Å². The molecule has 0 spiro atoms. The molecule has 0 aromatic carbocycles. The van der Waals surface area contributed by atoms with Crippen molar-refractivity contribution in [2.75, 3.05) is 26.4 Å². The molecule has 1 unspecified atom stereocenters. The van der Waals surface area contributed by atoms with E-state index in [0.717, 1.165) is 25.0 Å². The van der Waals surface area contributed by atoms with Crippen LogP contribution >= 0.6 is 0 Å². The molecule has 2 N–H and O–H groups in total. The average molecular weight is 328 g/mol. The maximum atomic E-state index is 11.8. The van der Waals surface area contributed by atoms with Crippen molar-refractivity contribution in [1.29, 1.82) is 0 Å². The third-order valence-electron chi connectivity index (χ3n) is 3.74. The van der Waals surface area contributed by atoms with E-state index in [4.69, 9.17) is 4.42 Å². The molecular formula is C14H24N4O3S. The van der Waals surface area contributed by atoms with Gasteiger partial charge in [0.1, 0.15) is 5.76 Å². The lowest BCUT2D eigenvalue weighted by Crippen LogP contribution is -2.50. The minimum Gasteiger partial charge on any atom is -0.467 e. The molecule has 124 valence electrons. The molecule has 2 rings (SSSR count). The van der Waals surface area contributed by atoms with Crippen LogP contribution in [0.1, 0.15) is 25.0 Å². The number of nitrogens with zero attached hydrogens (tertiary/aromatic N) is 2. The molecule has 1 atom stereocenters. The number of hydrogen-bond donors (Lipinski definition) is 2. The third-order valence-corrected chi connectivity index (χ3v) is 5.07. The van der Waals surface area contributed by atoms with Crippen molar-refractivity contribution >= 4 is 16.0 Å². The van der Waals surface area contributed by atoms with Gasteiger partial charge in [0.25, 0.3) is 0 Å². The van der Waals surface area contributed by atoms with Crippen molar-refractivity contribution in [3.63, 3.8) is 0 Å². The van der Waals surface area contributed by atoms with E-state index in [1.807, 2.05) is 12.1 Å². The first kappa shape index (κ1) is 16.8. The van der Waals surface area contributed by atoms with Gasteiger partial charge >= 0.3 is 0 Å². The summed E-state index contributed by atoms with van der Waals surface area (Å²) in [5.74, 6) is 1.45. The van der Waals surface area contributed by atoms with Crippen LogP contribution in [0.5, 0.6) is 0 Å². The van der Waals surface area contributed by atoms with Crippen LogP contribution in [0.3, 0.4) is 0 Å². The fourth-order valence-corrected chi connectivity index (χ4v) is 3.82. The number of sulfonamides is 1. The Balaban J connectivity index is 1.86. The van der Waals surface area contributed by atoms with Crippen LogP contribution in [0.2, 0.25) is 0 Å². The molecular weight excluding hydrogens is 304 g/mol. The summed E-state index contributed by atoms with van der Waals surface area (Å²) in [6.07, 6.45) is 5.75. The number of nitrogens with one attached hydrogen (secondary N) is 2. The number of furan rings is 1. The summed E-state index contributed by atoms with van der Waals surface area (Å²) in [4.78, 5) is 4.14. The molecule has 1 aliphatic rings. The summed E-state index contributed by atoms with van der Waals surface area (Å²) in [5, 5.41) is 6.34. The highest BCUT2D eigenvalue weighted by molar-refractivity contribution is 7.88. The average Bonchev–Trinajstić information content (AvgIpc) is 3.00. The minimum absolute atomic E-state index is 0.0223. The van der Waals surface area contributed by atoms with E-state index in [9.17, 15) is 8.42 Å². The van der Waals surface area contributed by atoms with Crippen LogP contribution in [0.15, 0.2) is 27.8 Å². The van der Waals surface area contributed by atoms with Crippen LogP contribution in [0.25, 0.3) is 0 Å². The summed E-state index contributed by atoms with van der Waals surface area (Å²) >= 11 is 0. The van der Waals surface area contributed by atoms with Crippen LogP contribution in [-0.4, -0.2) is 51.1 Å². The SMILES string of the molecule is CN=C(NCc1ccco1)NCC1CCCCN1S(C)(=O)=O. The Labute approximate surface area is 131 Å². The second-order valence-corrected chi connectivity index (χ2v) is 7.34. The molecule has 0 amide bonds. The van der Waals surface area contributed by atoms with Crippen molar-refractivity contribution in [2.45, 2.75) is 31.8 Å². The van der Waals surface area contributed by atoms with Crippen molar-refractivity contribution in [2.24, 2.45) is 4.99 Å². The van der Waals surface area contributed by atoms with E-state index in [-0.39, 0.29) is 6.04 Å². The van der Waals surface area contributed by atoms with Gasteiger partial charge in [-0.1, -0.05) is 6.42 Å². The monoisotopic (exact) mass is 328 g/mol. The first-order valence-corrected chi connectivity index (χ1v) is 9.29. The zero-order valence-corrected chi connectivity index (χ0v) is 13.9. The first-order chi connectivity index (χ1) is 10.5. The topological polar surface area (TPSA) is 86.9 Å². The van der Waals surface area contributed by atoms with E-state index < -0.39 is 10.0 Å². The van der Waals surface area contributed by atoms with Crippen LogP contribution in [-0.2, 0) is 16.6 Å². The fraction of sp³-hybridized carbons (Fsp3) is 0.643. The maximum Gasteiger partial charge on any atom is 0.211 e. The molecule has 7 nitrogen and oxygen atoms in total. The van der Waals surface area contributed by atoms with E-state index >= 15 is 0 Å². The highest BCUT2D eigenvalue weighted by atomic mass is 32.2. The molecule has 1 fully saturated rings. The zero-order valence-electron chi connectivity index (χ0n) is 13.1. The third kappa shape index (κ3) is 4.74. The molecule has 0 bridgehead atoms. The Kier molecular flexibility index (Phi) is 5.84. The predicted octanol–water partition coefficient (Wildman–Crippen LogP) is 0.759. The predicted molar refractivity (Wildman–Crippen MR) is 86.1 cm³/mol. The Morgan fingerprint density at radius 2 is 2.27 bits per heavy atom. The Hall–Kier alpha value is -1.54. The summed E-state index contributed by atoms with van der Waals surface area (Å²) in [6, 6.07) is 3.69. The van der Waals surface area contributed by atoms with E-state index in [0.29, 0.717) is 25.6 Å². The molecule has 0 radical (unpaired) electrons. The Bertz CT molecular complexity index is 583. The summed E-state index contributed by atoms with van der Waals surface area (Å²) in [7, 11) is -1.47. The quantitative estimate of drug-likeness (QED) is 0.615. The smallest absolute Gasteiger partial charge is 0.211 e. The van der Waals surface area contributed by atoms with Gasteiger partial charge in [0, 0.05) is 26.2 Å². The van der Waals surface area contributed by atoms with Gasteiger partial charge in [0.05, 0.1) is 19.1 Å². The second kappa shape index (κ2) is 7.64. The molecule has 1 aromatic rings. The molecule has 2 heterocycles. The Morgan fingerprint density at radius 1 is 1.45 bits per heavy atom. The summed E-state index contributed by atoms with van der Waals surface area (Å²) in [6.45, 7) is 1.68. The molecule has 0 aliphatic carbocycles. The van der Waals surface area contributed by atoms with Gasteiger partial charge in [-0.05, 0) is 25.0 Å². The number of piperidine rings is 1. The van der Waals surface area contributed by atoms with E-state index in [1.54, 1.807) is 17.6 Å². The molecule has 8 heteroatoms. The number of guanidine groups is 1. The maximum absolute atomic E-state index is 11.8. The second-order valence-electron chi connectivity index (χ2n) is 5.41. The van der Waals surface area contributed by atoms with Gasteiger partial charge in [0.15, 0.2) is 5.96 Å². The molecule has 22 heavy (non-hydrogen) atoms. The van der Waals surface area contributed by atoms with Gasteiger partial charge in [-0.2, -0.15) is 4.31 Å². The van der Waals surface area contributed by atoms with Crippen molar-refractivity contribution in [3.8, 4) is 0 Å². The minimum atomic E-state index is -3.16. The lowest BCUT2D eigenvalue weighted by Gasteiger charge is -2.34. The zero-order chi connectivity index (χ0) is 16.0. The van der Waals surface area contributed by atoms with Gasteiger partial charge in [0.2, 0.25) is 10.0 Å². The van der Waals surface area contributed by atoms with Crippen molar-refractivity contribution in [1.82, 2.24) is 14.9 Å². The number of rotatable bonds is 5. The molecule has 0 saturated carbocycles. The van der Waals surface area contributed by atoms with Gasteiger partial charge in [-0.15, -0.1) is 0 Å². The van der Waals surface area contributed by atoms with Gasteiger partial charge in [-0.25, -0.2) is 8.42 Å². The number of aliphatic imine (C=N–C) groups is 1. The molecule has 1 saturated heterocycles. The van der Waals surface area contributed by atoms with Gasteiger partial charge in [-0.3, -0.25) is 4.99 Å². The lowest BCUT2D eigenvalue weighted by molar-refractivity contribution is 0.253. The highest BCUT2D eigenvalue weighted by Crippen LogP contribution is 2.19. The standard InChI is InChI=1S/C14H24N4O3S/c1-15-14(17-11-13-7-5-9-21-13)16-10-12-6-3-4-8-18(12)22(2,19)20/h5,7,9,12H,3-4,6,8,10-11H2,1-2H3,(H2,15,16,17).